The lowest BCUT2D eigenvalue weighted by molar-refractivity contribution is -0.384. The van der Waals surface area contributed by atoms with Gasteiger partial charge in [-0.1, -0.05) is 36.4 Å². The van der Waals surface area contributed by atoms with Crippen LogP contribution < -0.4 is 15.4 Å². The van der Waals surface area contributed by atoms with E-state index in [1.807, 2.05) is 0 Å². The summed E-state index contributed by atoms with van der Waals surface area (Å²) in [6.07, 6.45) is 1.08. The van der Waals surface area contributed by atoms with Crippen molar-refractivity contribution in [2.45, 2.75) is 6.61 Å². The largest absolute Gasteiger partial charge is 0.435 e. The molecule has 0 aliphatic heterocycles. The molecule has 0 aliphatic rings. The summed E-state index contributed by atoms with van der Waals surface area (Å²) in [5.41, 5.74) is -1.62. The standard InChI is InChI=1S/C23H16F2N4O7/c24-23(25)36-15-11-9-14(10-12-15)13-16(21(30)26-17-5-1-3-7-19(17)28(32)33)22(31)27-18-6-2-4-8-20(18)29(34)35/h1-13,23H,(H,26,30)(H,27,31). The molecule has 0 saturated heterocycles. The molecular formula is C23H16F2N4O7. The first-order valence-corrected chi connectivity index (χ1v) is 10.0. The van der Waals surface area contributed by atoms with Crippen LogP contribution in [0.25, 0.3) is 6.08 Å². The van der Waals surface area contributed by atoms with Crippen LogP contribution >= 0.6 is 0 Å². The van der Waals surface area contributed by atoms with E-state index in [0.717, 1.165) is 18.2 Å². The molecule has 2 N–H and O–H groups in total. The predicted molar refractivity (Wildman–Crippen MR) is 125 cm³/mol. The van der Waals surface area contributed by atoms with Gasteiger partial charge in [0.1, 0.15) is 22.7 Å². The number of anilines is 2. The van der Waals surface area contributed by atoms with E-state index in [0.29, 0.717) is 0 Å². The number of nitro benzene ring substituents is 2. The molecule has 0 bridgehead atoms. The van der Waals surface area contributed by atoms with E-state index in [9.17, 15) is 38.6 Å². The number of alkyl halides is 2. The van der Waals surface area contributed by atoms with Crippen molar-refractivity contribution < 1.29 is 33.0 Å². The minimum Gasteiger partial charge on any atom is -0.435 e. The van der Waals surface area contributed by atoms with Crippen LogP contribution in [-0.2, 0) is 9.59 Å². The number of ether oxygens (including phenoxy) is 1. The second-order valence-corrected chi connectivity index (χ2v) is 6.96. The summed E-state index contributed by atoms with van der Waals surface area (Å²) >= 11 is 0. The van der Waals surface area contributed by atoms with Crippen molar-refractivity contribution in [2.24, 2.45) is 0 Å². The molecule has 0 aliphatic carbocycles. The fraction of sp³-hybridized carbons (Fsp3) is 0.0435. The molecule has 2 amide bonds. The molecule has 0 atom stereocenters. The number of nitro groups is 2. The topological polar surface area (TPSA) is 154 Å². The molecule has 0 heterocycles. The number of rotatable bonds is 9. The first kappa shape index (κ1) is 25.4. The minimum atomic E-state index is -3.05. The van der Waals surface area contributed by atoms with Gasteiger partial charge in [0.2, 0.25) is 0 Å². The highest BCUT2D eigenvalue weighted by atomic mass is 19.3. The van der Waals surface area contributed by atoms with E-state index < -0.39 is 45.2 Å². The third-order valence-corrected chi connectivity index (χ3v) is 4.60. The lowest BCUT2D eigenvalue weighted by atomic mass is 10.1. The summed E-state index contributed by atoms with van der Waals surface area (Å²) in [5, 5.41) is 27.1. The summed E-state index contributed by atoms with van der Waals surface area (Å²) in [4.78, 5) is 47.2. The highest BCUT2D eigenvalue weighted by molar-refractivity contribution is 6.29. The maximum absolute atomic E-state index is 13.0. The fourth-order valence-corrected chi connectivity index (χ4v) is 3.00. The van der Waals surface area contributed by atoms with E-state index in [-0.39, 0.29) is 22.7 Å². The van der Waals surface area contributed by atoms with Crippen LogP contribution in [-0.4, -0.2) is 28.3 Å². The first-order chi connectivity index (χ1) is 17.2. The molecule has 0 radical (unpaired) electrons. The van der Waals surface area contributed by atoms with Crippen molar-refractivity contribution in [1.82, 2.24) is 0 Å². The van der Waals surface area contributed by atoms with Crippen molar-refractivity contribution in [3.8, 4) is 5.75 Å². The van der Waals surface area contributed by atoms with Crippen LogP contribution in [0.4, 0.5) is 31.5 Å². The van der Waals surface area contributed by atoms with Crippen LogP contribution in [0, 0.1) is 20.2 Å². The minimum absolute atomic E-state index is 0.169. The number of carbonyl (C=O) groups is 2. The van der Waals surface area contributed by atoms with Gasteiger partial charge in [0.05, 0.1) is 9.85 Å². The number of para-hydroxylation sites is 4. The molecule has 0 unspecified atom stereocenters. The third kappa shape index (κ3) is 6.44. The van der Waals surface area contributed by atoms with E-state index in [1.165, 1.54) is 60.7 Å². The Morgan fingerprint density at radius 1 is 0.778 bits per heavy atom. The third-order valence-electron chi connectivity index (χ3n) is 4.60. The summed E-state index contributed by atoms with van der Waals surface area (Å²) < 4.78 is 29.1. The van der Waals surface area contributed by atoms with E-state index in [1.54, 1.807) is 0 Å². The fourth-order valence-electron chi connectivity index (χ4n) is 3.00. The van der Waals surface area contributed by atoms with Crippen LogP contribution in [0.1, 0.15) is 5.56 Å². The maximum Gasteiger partial charge on any atom is 0.387 e. The number of nitrogens with one attached hydrogen (secondary N) is 2. The molecule has 36 heavy (non-hydrogen) atoms. The average Bonchev–Trinajstić information content (AvgIpc) is 2.83. The van der Waals surface area contributed by atoms with Gasteiger partial charge in [-0.25, -0.2) is 0 Å². The van der Waals surface area contributed by atoms with Gasteiger partial charge in [0.15, 0.2) is 0 Å². The second-order valence-electron chi connectivity index (χ2n) is 6.96. The molecular weight excluding hydrogens is 482 g/mol. The maximum atomic E-state index is 13.0. The summed E-state index contributed by atoms with van der Waals surface area (Å²) in [5.74, 6) is -2.29. The number of hydrogen-bond donors (Lipinski definition) is 2. The van der Waals surface area contributed by atoms with Gasteiger partial charge in [-0.3, -0.25) is 29.8 Å². The molecule has 0 saturated carbocycles. The van der Waals surface area contributed by atoms with Gasteiger partial charge in [-0.2, -0.15) is 8.78 Å². The Hall–Kier alpha value is -5.20. The Morgan fingerprint density at radius 2 is 1.22 bits per heavy atom. The second kappa shape index (κ2) is 11.3. The molecule has 3 aromatic rings. The average molecular weight is 498 g/mol. The van der Waals surface area contributed by atoms with E-state index in [2.05, 4.69) is 15.4 Å². The Balaban J connectivity index is 1.98. The van der Waals surface area contributed by atoms with Crippen molar-refractivity contribution in [2.75, 3.05) is 10.6 Å². The van der Waals surface area contributed by atoms with Crippen molar-refractivity contribution in [3.05, 3.63) is 104 Å². The monoisotopic (exact) mass is 498 g/mol. The summed E-state index contributed by atoms with van der Waals surface area (Å²) in [6, 6.07) is 15.4. The predicted octanol–water partition coefficient (Wildman–Crippen LogP) is 4.77. The Kier molecular flexibility index (Phi) is 7.97. The number of amides is 2. The van der Waals surface area contributed by atoms with E-state index in [4.69, 9.17) is 0 Å². The number of hydrogen-bond acceptors (Lipinski definition) is 7. The summed E-state index contributed by atoms with van der Waals surface area (Å²) in [6.45, 7) is -3.05. The van der Waals surface area contributed by atoms with Crippen LogP contribution in [0.3, 0.4) is 0 Å². The quantitative estimate of drug-likeness (QED) is 0.142. The highest BCUT2D eigenvalue weighted by Crippen LogP contribution is 2.26. The Bertz CT molecular complexity index is 1270. The molecule has 0 fully saturated rings. The van der Waals surface area contributed by atoms with Gasteiger partial charge in [0, 0.05) is 12.1 Å². The lowest BCUT2D eigenvalue weighted by Gasteiger charge is -2.11. The molecule has 0 aromatic heterocycles. The molecule has 184 valence electrons. The Labute approximate surface area is 201 Å². The van der Waals surface area contributed by atoms with Crippen LogP contribution in [0.15, 0.2) is 78.4 Å². The molecule has 0 spiro atoms. The highest BCUT2D eigenvalue weighted by Gasteiger charge is 2.24. The molecule has 13 heteroatoms. The molecule has 3 rings (SSSR count). The van der Waals surface area contributed by atoms with Crippen molar-refractivity contribution in [1.29, 1.82) is 0 Å². The van der Waals surface area contributed by atoms with Crippen molar-refractivity contribution >= 4 is 40.6 Å². The zero-order valence-corrected chi connectivity index (χ0v) is 18.1. The van der Waals surface area contributed by atoms with Crippen LogP contribution in [0.5, 0.6) is 5.75 Å². The first-order valence-electron chi connectivity index (χ1n) is 10.0. The number of carbonyl (C=O) groups excluding carboxylic acids is 2. The van der Waals surface area contributed by atoms with Gasteiger partial charge in [-0.05, 0) is 35.9 Å². The zero-order chi connectivity index (χ0) is 26.2. The van der Waals surface area contributed by atoms with Gasteiger partial charge >= 0.3 is 6.61 Å². The molecule has 11 nitrogen and oxygen atoms in total. The van der Waals surface area contributed by atoms with Gasteiger partial charge < -0.3 is 15.4 Å². The number of benzene rings is 3. The molecule has 3 aromatic carbocycles. The van der Waals surface area contributed by atoms with Crippen LogP contribution in [0.2, 0.25) is 0 Å². The normalized spacial score (nSPS) is 10.3. The van der Waals surface area contributed by atoms with E-state index >= 15 is 0 Å². The zero-order valence-electron chi connectivity index (χ0n) is 18.1. The number of nitrogens with zero attached hydrogens (tertiary/aromatic N) is 2. The number of halogens is 2. The Morgan fingerprint density at radius 3 is 1.64 bits per heavy atom. The van der Waals surface area contributed by atoms with Gasteiger partial charge in [0.25, 0.3) is 23.2 Å². The van der Waals surface area contributed by atoms with Gasteiger partial charge in [-0.15, -0.1) is 0 Å². The lowest BCUT2D eigenvalue weighted by Crippen LogP contribution is -2.26. The summed E-state index contributed by atoms with van der Waals surface area (Å²) in [7, 11) is 0. The van der Waals surface area contributed by atoms with Crippen molar-refractivity contribution in [3.63, 3.8) is 0 Å². The smallest absolute Gasteiger partial charge is 0.387 e. The SMILES string of the molecule is O=C(Nc1ccccc1[N+](=O)[O-])C(=Cc1ccc(OC(F)F)cc1)C(=O)Nc1ccccc1[N+](=O)[O-].